The number of aromatic nitrogens is 1. The fourth-order valence-electron chi connectivity index (χ4n) is 2.24. The summed E-state index contributed by atoms with van der Waals surface area (Å²) in [5.41, 5.74) is -0.544. The van der Waals surface area contributed by atoms with E-state index in [1.165, 1.54) is 6.20 Å². The van der Waals surface area contributed by atoms with Crippen LogP contribution in [0.25, 0.3) is 0 Å². The van der Waals surface area contributed by atoms with Crippen molar-refractivity contribution in [3.05, 3.63) is 29.6 Å². The Hall–Kier alpha value is -1.18. The van der Waals surface area contributed by atoms with Gasteiger partial charge in [-0.2, -0.15) is 13.2 Å². The van der Waals surface area contributed by atoms with Crippen LogP contribution in [-0.2, 0) is 15.7 Å². The summed E-state index contributed by atoms with van der Waals surface area (Å²) in [7, 11) is 0. The van der Waals surface area contributed by atoms with Crippen molar-refractivity contribution in [3.8, 4) is 0 Å². The van der Waals surface area contributed by atoms with Crippen molar-refractivity contribution in [1.82, 2.24) is 10.3 Å². The first-order chi connectivity index (χ1) is 9.52. The predicted molar refractivity (Wildman–Crippen MR) is 66.0 cm³/mol. The van der Waals surface area contributed by atoms with Crippen molar-refractivity contribution in [3.63, 3.8) is 0 Å². The van der Waals surface area contributed by atoms with E-state index < -0.39 is 24.1 Å². The van der Waals surface area contributed by atoms with Crippen LogP contribution in [0.1, 0.15) is 30.5 Å². The van der Waals surface area contributed by atoms with Gasteiger partial charge in [0, 0.05) is 24.9 Å². The predicted octanol–water partition coefficient (Wildman–Crippen LogP) is 2.51. The molecule has 1 N–H and O–H groups in total. The van der Waals surface area contributed by atoms with Gasteiger partial charge in [-0.25, -0.2) is 0 Å². The molecule has 7 heteroatoms. The van der Waals surface area contributed by atoms with E-state index in [1.54, 1.807) is 0 Å². The zero-order valence-corrected chi connectivity index (χ0v) is 11.1. The van der Waals surface area contributed by atoms with E-state index in [4.69, 9.17) is 9.47 Å². The van der Waals surface area contributed by atoms with E-state index in [0.29, 0.717) is 26.2 Å². The smallest absolute Gasteiger partial charge is 0.350 e. The third-order valence-corrected chi connectivity index (χ3v) is 3.10. The minimum atomic E-state index is -4.40. The van der Waals surface area contributed by atoms with E-state index in [0.717, 1.165) is 12.3 Å². The molecule has 0 amide bonds. The molecule has 0 aromatic carbocycles. The summed E-state index contributed by atoms with van der Waals surface area (Å²) in [6, 6.07) is 0.490. The molecule has 0 bridgehead atoms. The second-order valence-corrected chi connectivity index (χ2v) is 4.48. The van der Waals surface area contributed by atoms with Crippen LogP contribution >= 0.6 is 0 Å². The quantitative estimate of drug-likeness (QED) is 0.905. The summed E-state index contributed by atoms with van der Waals surface area (Å²) in [6.45, 7) is 3.34. The molecule has 1 unspecified atom stereocenters. The van der Waals surface area contributed by atoms with Crippen LogP contribution in [0, 0.1) is 0 Å². The molecule has 20 heavy (non-hydrogen) atoms. The first-order valence-electron chi connectivity index (χ1n) is 6.50. The number of alkyl halides is 3. The van der Waals surface area contributed by atoms with E-state index in [-0.39, 0.29) is 5.56 Å². The van der Waals surface area contributed by atoms with Gasteiger partial charge >= 0.3 is 6.18 Å². The zero-order valence-electron chi connectivity index (χ0n) is 11.1. The lowest BCUT2D eigenvalue weighted by molar-refractivity contribution is -0.138. The Bertz CT molecular complexity index is 434. The third-order valence-electron chi connectivity index (χ3n) is 3.10. The van der Waals surface area contributed by atoms with Gasteiger partial charge in [-0.05, 0) is 18.2 Å². The summed E-state index contributed by atoms with van der Waals surface area (Å²) in [5.74, 6) is 0. The zero-order chi connectivity index (χ0) is 14.6. The first-order valence-corrected chi connectivity index (χ1v) is 6.50. The molecule has 0 aliphatic carbocycles. The Balaban J connectivity index is 2.24. The van der Waals surface area contributed by atoms with Crippen molar-refractivity contribution < 1.29 is 22.6 Å². The Morgan fingerprint density at radius 2 is 2.10 bits per heavy atom. The molecule has 1 saturated heterocycles. The molecular weight excluding hydrogens is 273 g/mol. The average Bonchev–Trinajstić information content (AvgIpc) is 2.90. The lowest BCUT2D eigenvalue weighted by atomic mass is 9.99. The molecule has 2 heterocycles. The highest BCUT2D eigenvalue weighted by Crippen LogP contribution is 2.35. The first kappa shape index (κ1) is 15.2. The molecule has 112 valence electrons. The SMILES string of the molecule is CCNC(CC1OCCO1)c1cnccc1C(F)(F)F. The van der Waals surface area contributed by atoms with Crippen molar-refractivity contribution in [1.29, 1.82) is 0 Å². The highest BCUT2D eigenvalue weighted by molar-refractivity contribution is 5.29. The molecular formula is C13H17F3N2O2. The molecule has 1 atom stereocenters. The maximum absolute atomic E-state index is 13.0. The fraction of sp³-hybridized carbons (Fsp3) is 0.615. The number of nitrogens with one attached hydrogen (secondary N) is 1. The van der Waals surface area contributed by atoms with Crippen molar-refractivity contribution in [2.45, 2.75) is 31.9 Å². The molecule has 1 aliphatic rings. The monoisotopic (exact) mass is 290 g/mol. The Morgan fingerprint density at radius 3 is 2.70 bits per heavy atom. The number of nitrogens with zero attached hydrogens (tertiary/aromatic N) is 1. The second-order valence-electron chi connectivity index (χ2n) is 4.48. The summed E-state index contributed by atoms with van der Waals surface area (Å²) in [5, 5.41) is 3.04. The van der Waals surface area contributed by atoms with Crippen molar-refractivity contribution in [2.24, 2.45) is 0 Å². The standard InChI is InChI=1S/C13H17F3N2O2/c1-2-18-11(7-12-19-5-6-20-12)9-8-17-4-3-10(9)13(14,15)16/h3-4,8,11-12,18H,2,5-7H2,1H3. The van der Waals surface area contributed by atoms with Crippen LogP contribution in [0.3, 0.4) is 0 Å². The summed E-state index contributed by atoms with van der Waals surface area (Å²) >= 11 is 0. The van der Waals surface area contributed by atoms with Crippen molar-refractivity contribution in [2.75, 3.05) is 19.8 Å². The number of halogens is 3. The van der Waals surface area contributed by atoms with E-state index in [1.807, 2.05) is 6.92 Å². The molecule has 1 aliphatic heterocycles. The fourth-order valence-corrected chi connectivity index (χ4v) is 2.24. The van der Waals surface area contributed by atoms with Crippen LogP contribution in [0.2, 0.25) is 0 Å². The Labute approximate surface area is 115 Å². The molecule has 1 aromatic rings. The highest BCUT2D eigenvalue weighted by atomic mass is 19.4. The van der Waals surface area contributed by atoms with Crippen LogP contribution in [0.15, 0.2) is 18.5 Å². The minimum Gasteiger partial charge on any atom is -0.350 e. The molecule has 0 radical (unpaired) electrons. The van der Waals surface area contributed by atoms with E-state index in [9.17, 15) is 13.2 Å². The van der Waals surface area contributed by atoms with Gasteiger partial charge in [0.2, 0.25) is 0 Å². The van der Waals surface area contributed by atoms with Gasteiger partial charge in [0.05, 0.1) is 18.8 Å². The summed E-state index contributed by atoms with van der Waals surface area (Å²) in [6.07, 6.45) is -2.14. The van der Waals surface area contributed by atoms with E-state index in [2.05, 4.69) is 10.3 Å². The molecule has 0 spiro atoms. The van der Waals surface area contributed by atoms with Gasteiger partial charge in [0.25, 0.3) is 0 Å². The van der Waals surface area contributed by atoms with Crippen LogP contribution in [-0.4, -0.2) is 31.0 Å². The second kappa shape index (κ2) is 6.51. The minimum absolute atomic E-state index is 0.126. The Kier molecular flexibility index (Phi) is 4.95. The number of ether oxygens (including phenoxy) is 2. The van der Waals surface area contributed by atoms with Gasteiger partial charge in [-0.15, -0.1) is 0 Å². The van der Waals surface area contributed by atoms with Crippen LogP contribution in [0.4, 0.5) is 13.2 Å². The third kappa shape index (κ3) is 3.68. The van der Waals surface area contributed by atoms with Gasteiger partial charge in [0.15, 0.2) is 6.29 Å². The molecule has 4 nitrogen and oxygen atoms in total. The number of rotatable bonds is 5. The number of hydrogen-bond donors (Lipinski definition) is 1. The molecule has 2 rings (SSSR count). The van der Waals surface area contributed by atoms with Gasteiger partial charge in [-0.1, -0.05) is 6.92 Å². The maximum atomic E-state index is 13.0. The topological polar surface area (TPSA) is 43.4 Å². The van der Waals surface area contributed by atoms with Gasteiger partial charge in [-0.3, -0.25) is 4.98 Å². The number of pyridine rings is 1. The van der Waals surface area contributed by atoms with E-state index >= 15 is 0 Å². The van der Waals surface area contributed by atoms with Gasteiger partial charge < -0.3 is 14.8 Å². The summed E-state index contributed by atoms with van der Waals surface area (Å²) in [4.78, 5) is 3.81. The van der Waals surface area contributed by atoms with Gasteiger partial charge in [0.1, 0.15) is 0 Å². The lowest BCUT2D eigenvalue weighted by Gasteiger charge is -2.23. The van der Waals surface area contributed by atoms with Crippen LogP contribution < -0.4 is 5.32 Å². The maximum Gasteiger partial charge on any atom is 0.416 e. The normalized spacial score (nSPS) is 18.4. The summed E-state index contributed by atoms with van der Waals surface area (Å²) < 4.78 is 49.8. The van der Waals surface area contributed by atoms with Crippen LogP contribution in [0.5, 0.6) is 0 Å². The van der Waals surface area contributed by atoms with Crippen molar-refractivity contribution >= 4 is 0 Å². The highest BCUT2D eigenvalue weighted by Gasteiger charge is 2.36. The average molecular weight is 290 g/mol. The molecule has 0 saturated carbocycles. The number of hydrogen-bond acceptors (Lipinski definition) is 4. The Morgan fingerprint density at radius 1 is 1.40 bits per heavy atom. The molecule has 1 fully saturated rings. The lowest BCUT2D eigenvalue weighted by Crippen LogP contribution is -2.28. The molecule has 1 aromatic heterocycles. The largest absolute Gasteiger partial charge is 0.416 e.